The number of methoxy groups -OCH3 is 4. The number of piperidine rings is 2. The molecule has 0 amide bonds. The summed E-state index contributed by atoms with van der Waals surface area (Å²) in [5.74, 6) is -1.59. The maximum atomic E-state index is 14.2. The van der Waals surface area contributed by atoms with Gasteiger partial charge in [0.25, 0.3) is 0 Å². The number of nitrogens with zero attached hydrogens (tertiary/aromatic N) is 2. The molecule has 2 aromatic carbocycles. The standard InChI is InChI=1S/C48H66N2O12/c1-9-41(51)61-44-37(57-5)18-28(19-38(44)58-6)26-49(3)32-13-14-33(49)23-30(22-32)43-36(46(53)54)12-11-17-48(43,47(55)56)31-24-34-15-16-35(25-31)50(34,4)27-29-20-39(59-7)45(40(21-29)60-8)62-42(52)10-2/h18-21,30-36,43H,9-17,22-27H2,1-8H3/p+2/t30?,31?,32?,33?,34?,35?,36-,43+,48-,49?,50?/m1/s1. The van der Waals surface area contributed by atoms with Crippen LogP contribution in [0.3, 0.4) is 0 Å². The molecule has 2 aromatic rings. The zero-order valence-corrected chi connectivity index (χ0v) is 37.9. The molecule has 4 bridgehead atoms. The zero-order chi connectivity index (χ0) is 44.7. The van der Waals surface area contributed by atoms with Crippen LogP contribution in [-0.4, -0.2) is 110 Å². The van der Waals surface area contributed by atoms with E-state index in [2.05, 4.69) is 14.1 Å². The summed E-state index contributed by atoms with van der Waals surface area (Å²) in [6.45, 7) is 4.82. The third-order valence-electron chi connectivity index (χ3n) is 16.4. The van der Waals surface area contributed by atoms with Crippen molar-refractivity contribution in [2.24, 2.45) is 29.1 Å². The average Bonchev–Trinajstić information content (AvgIpc) is 3.48. The van der Waals surface area contributed by atoms with Crippen molar-refractivity contribution in [2.45, 2.75) is 135 Å². The van der Waals surface area contributed by atoms with E-state index in [1.165, 1.54) is 0 Å². The number of benzene rings is 2. The number of rotatable bonds is 16. The molecule has 14 nitrogen and oxygen atoms in total. The van der Waals surface area contributed by atoms with E-state index >= 15 is 0 Å². The van der Waals surface area contributed by atoms with Crippen LogP contribution < -0.4 is 28.4 Å². The van der Waals surface area contributed by atoms with Gasteiger partial charge >= 0.3 is 23.9 Å². The summed E-state index contributed by atoms with van der Waals surface area (Å²) in [6, 6.07) is 8.52. The quantitative estimate of drug-likeness (QED) is 0.0978. The molecule has 340 valence electrons. The number of hydrogen-bond acceptors (Lipinski definition) is 10. The van der Waals surface area contributed by atoms with Gasteiger partial charge in [-0.1, -0.05) is 20.3 Å². The van der Waals surface area contributed by atoms with Crippen LogP contribution in [0.15, 0.2) is 24.3 Å². The minimum Gasteiger partial charge on any atom is -0.493 e. The van der Waals surface area contributed by atoms with Gasteiger partial charge in [0, 0.05) is 75.3 Å². The SMILES string of the molecule is CCC(=O)Oc1c(OC)cc(C[N+]2(C)C3CCC2CC([C@H]2[C@H](C(=O)O)CCC[C@@]2(C(=O)O)C2CC4CCC(C2)[N+]4(C)Cc2cc(OC)c(OC(=O)CC)c(OC)c2)C3)cc1OC. The van der Waals surface area contributed by atoms with E-state index in [1.54, 1.807) is 42.3 Å². The first kappa shape index (κ1) is 45.5. The van der Waals surface area contributed by atoms with Crippen molar-refractivity contribution in [3.05, 3.63) is 35.4 Å². The number of carboxylic acids is 2. The van der Waals surface area contributed by atoms with E-state index in [9.17, 15) is 29.4 Å². The number of carbonyl (C=O) groups is 4. The zero-order valence-electron chi connectivity index (χ0n) is 37.9. The molecule has 0 aromatic heterocycles. The van der Waals surface area contributed by atoms with Gasteiger partial charge in [0.2, 0.25) is 11.5 Å². The first-order valence-electron chi connectivity index (χ1n) is 22.7. The Morgan fingerprint density at radius 2 is 1.02 bits per heavy atom. The summed E-state index contributed by atoms with van der Waals surface area (Å²) < 4.78 is 35.5. The van der Waals surface area contributed by atoms with E-state index < -0.39 is 29.2 Å². The lowest BCUT2D eigenvalue weighted by atomic mass is 9.49. The molecule has 5 fully saturated rings. The maximum absolute atomic E-state index is 14.2. The number of carbonyl (C=O) groups excluding carboxylic acids is 2. The molecule has 0 radical (unpaired) electrons. The minimum absolute atomic E-state index is 0.0307. The Kier molecular flexibility index (Phi) is 13.1. The van der Waals surface area contributed by atoms with Crippen molar-refractivity contribution in [3.63, 3.8) is 0 Å². The fraction of sp³-hybridized carbons (Fsp3) is 0.667. The number of fused-ring (bicyclic) bond motifs is 4. The van der Waals surface area contributed by atoms with Gasteiger partial charge in [-0.3, -0.25) is 19.2 Å². The van der Waals surface area contributed by atoms with Crippen molar-refractivity contribution in [1.29, 1.82) is 0 Å². The largest absolute Gasteiger partial charge is 0.493 e. The highest BCUT2D eigenvalue weighted by Crippen LogP contribution is 2.62. The molecular weight excluding hydrogens is 797 g/mol. The number of hydrogen-bond donors (Lipinski definition) is 2. The molecule has 1 aliphatic carbocycles. The van der Waals surface area contributed by atoms with Gasteiger partial charge in [0.15, 0.2) is 23.0 Å². The van der Waals surface area contributed by atoms with Crippen molar-refractivity contribution >= 4 is 23.9 Å². The van der Waals surface area contributed by atoms with Gasteiger partial charge in [-0.2, -0.15) is 0 Å². The van der Waals surface area contributed by atoms with Crippen LogP contribution >= 0.6 is 0 Å². The molecular formula is C48H68N2O12+2. The monoisotopic (exact) mass is 864 g/mol. The minimum atomic E-state index is -1.14. The topological polar surface area (TPSA) is 164 Å². The van der Waals surface area contributed by atoms with E-state index in [1.807, 2.05) is 24.3 Å². The molecule has 7 atom stereocenters. The fourth-order valence-corrected chi connectivity index (χ4v) is 13.4. The third kappa shape index (κ3) is 7.88. The van der Waals surface area contributed by atoms with E-state index in [0.29, 0.717) is 55.4 Å². The first-order valence-corrected chi connectivity index (χ1v) is 22.7. The maximum Gasteiger partial charge on any atom is 0.311 e. The Bertz CT molecular complexity index is 1960. The smallest absolute Gasteiger partial charge is 0.311 e. The summed E-state index contributed by atoms with van der Waals surface area (Å²) in [5.41, 5.74) is 0.830. The predicted octanol–water partition coefficient (Wildman–Crippen LogP) is 7.40. The van der Waals surface area contributed by atoms with Gasteiger partial charge in [-0.05, 0) is 54.9 Å². The van der Waals surface area contributed by atoms with Crippen LogP contribution in [0.2, 0.25) is 0 Å². The Morgan fingerprint density at radius 3 is 1.35 bits per heavy atom. The first-order chi connectivity index (χ1) is 29.6. The van der Waals surface area contributed by atoms with Crippen molar-refractivity contribution in [3.8, 4) is 34.5 Å². The molecule has 14 heteroatoms. The van der Waals surface area contributed by atoms with E-state index in [4.69, 9.17) is 28.4 Å². The normalized spacial score (nSPS) is 33.6. The second-order valence-corrected chi connectivity index (χ2v) is 19.2. The van der Waals surface area contributed by atoms with Crippen molar-refractivity contribution < 1.29 is 66.8 Å². The van der Waals surface area contributed by atoms with Gasteiger partial charge < -0.3 is 47.6 Å². The summed E-state index contributed by atoms with van der Waals surface area (Å²) in [4.78, 5) is 52.1. The van der Waals surface area contributed by atoms with Crippen LogP contribution in [0.4, 0.5) is 0 Å². The van der Waals surface area contributed by atoms with Gasteiger partial charge in [0.1, 0.15) is 13.1 Å². The van der Waals surface area contributed by atoms with Crippen LogP contribution in [0.25, 0.3) is 0 Å². The summed E-state index contributed by atoms with van der Waals surface area (Å²) in [7, 11) is 10.8. The molecule has 62 heavy (non-hydrogen) atoms. The lowest BCUT2D eigenvalue weighted by molar-refractivity contribution is -0.962. The van der Waals surface area contributed by atoms with Crippen LogP contribution in [0.5, 0.6) is 34.5 Å². The highest BCUT2D eigenvalue weighted by molar-refractivity contribution is 5.79. The van der Waals surface area contributed by atoms with Gasteiger partial charge in [0.05, 0.1) is 78.0 Å². The second kappa shape index (κ2) is 17.9. The van der Waals surface area contributed by atoms with Crippen LogP contribution in [-0.2, 0) is 32.3 Å². The number of quaternary nitrogens is 2. The van der Waals surface area contributed by atoms with Crippen LogP contribution in [0.1, 0.15) is 108 Å². The summed E-state index contributed by atoms with van der Waals surface area (Å²) >= 11 is 0. The molecule has 5 aliphatic rings. The molecule has 4 saturated heterocycles. The Balaban J connectivity index is 1.16. The molecule has 7 rings (SSSR count). The molecule has 4 unspecified atom stereocenters. The van der Waals surface area contributed by atoms with E-state index in [-0.39, 0.29) is 72.3 Å². The number of esters is 2. The molecule has 4 aliphatic heterocycles. The number of ether oxygens (including phenoxy) is 6. The summed E-state index contributed by atoms with van der Waals surface area (Å²) in [5, 5.41) is 22.6. The van der Waals surface area contributed by atoms with Gasteiger partial charge in [-0.15, -0.1) is 0 Å². The second-order valence-electron chi connectivity index (χ2n) is 19.2. The lowest BCUT2D eigenvalue weighted by Gasteiger charge is -2.58. The molecule has 2 N–H and O–H groups in total. The highest BCUT2D eigenvalue weighted by Gasteiger charge is 2.66. The number of carboxylic acid groups (broad SMARTS) is 2. The molecule has 1 saturated carbocycles. The Hall–Kier alpha value is -4.56. The molecule has 0 spiro atoms. The lowest BCUT2D eigenvalue weighted by Crippen LogP contribution is -2.64. The van der Waals surface area contributed by atoms with Gasteiger partial charge in [-0.25, -0.2) is 0 Å². The highest BCUT2D eigenvalue weighted by atomic mass is 16.6. The third-order valence-corrected chi connectivity index (χ3v) is 16.4. The fourth-order valence-electron chi connectivity index (χ4n) is 13.4. The summed E-state index contributed by atoms with van der Waals surface area (Å²) in [6.07, 6.45) is 8.95. The van der Waals surface area contributed by atoms with Crippen LogP contribution in [0, 0.1) is 29.1 Å². The Morgan fingerprint density at radius 1 is 0.629 bits per heavy atom. The molecule has 4 heterocycles. The number of aliphatic carboxylic acids is 2. The van der Waals surface area contributed by atoms with Crippen molar-refractivity contribution in [1.82, 2.24) is 0 Å². The van der Waals surface area contributed by atoms with E-state index in [0.717, 1.165) is 71.5 Å². The Labute approximate surface area is 365 Å². The van der Waals surface area contributed by atoms with Crippen molar-refractivity contribution in [2.75, 3.05) is 42.5 Å². The average molecular weight is 865 g/mol. The predicted molar refractivity (Wildman–Crippen MR) is 228 cm³/mol.